The molecule has 112 valence electrons. The highest BCUT2D eigenvalue weighted by molar-refractivity contribution is 7.92. The Morgan fingerprint density at radius 3 is 2.95 bits per heavy atom. The molecule has 0 amide bonds. The van der Waals surface area contributed by atoms with Gasteiger partial charge in [-0.1, -0.05) is 0 Å². The molecule has 4 rings (SSSR count). The van der Waals surface area contributed by atoms with Crippen molar-refractivity contribution in [3.05, 3.63) is 36.5 Å². The first-order chi connectivity index (χ1) is 10.6. The number of ether oxygens (including phenoxy) is 2. The molecule has 0 aliphatic carbocycles. The van der Waals surface area contributed by atoms with Gasteiger partial charge in [0.25, 0.3) is 10.0 Å². The molecule has 1 aromatic carbocycles. The van der Waals surface area contributed by atoms with Gasteiger partial charge in [0, 0.05) is 12.3 Å². The van der Waals surface area contributed by atoms with Gasteiger partial charge >= 0.3 is 0 Å². The van der Waals surface area contributed by atoms with Crippen LogP contribution >= 0.6 is 0 Å². The molecule has 3 heterocycles. The molecule has 0 unspecified atom stereocenters. The molecule has 0 atom stereocenters. The number of sulfonamides is 1. The van der Waals surface area contributed by atoms with Crippen LogP contribution in [0.1, 0.15) is 0 Å². The largest absolute Gasteiger partial charge is 0.454 e. The van der Waals surface area contributed by atoms with Crippen molar-refractivity contribution in [1.29, 1.82) is 0 Å². The van der Waals surface area contributed by atoms with Crippen LogP contribution in [-0.2, 0) is 10.0 Å². The monoisotopic (exact) mass is 318 g/mol. The van der Waals surface area contributed by atoms with E-state index in [0.29, 0.717) is 22.5 Å². The highest BCUT2D eigenvalue weighted by Crippen LogP contribution is 2.34. The Bertz CT molecular complexity index is 967. The summed E-state index contributed by atoms with van der Waals surface area (Å²) in [5.74, 6) is 1.12. The molecule has 1 aliphatic rings. The molecule has 22 heavy (non-hydrogen) atoms. The van der Waals surface area contributed by atoms with E-state index in [1.807, 2.05) is 0 Å². The molecule has 0 saturated heterocycles. The molecule has 0 bridgehead atoms. The van der Waals surface area contributed by atoms with E-state index in [2.05, 4.69) is 19.9 Å². The number of nitrogens with zero attached hydrogens (tertiary/aromatic N) is 2. The molecule has 0 fully saturated rings. The van der Waals surface area contributed by atoms with Gasteiger partial charge in [-0.05, 0) is 24.3 Å². The molecule has 3 aromatic rings. The maximum atomic E-state index is 12.5. The van der Waals surface area contributed by atoms with E-state index >= 15 is 0 Å². The Morgan fingerprint density at radius 1 is 1.18 bits per heavy atom. The van der Waals surface area contributed by atoms with E-state index in [-0.39, 0.29) is 17.5 Å². The number of fused-ring (bicyclic) bond motifs is 2. The van der Waals surface area contributed by atoms with Gasteiger partial charge in [-0.2, -0.15) is 5.10 Å². The van der Waals surface area contributed by atoms with Crippen LogP contribution in [0.15, 0.2) is 41.4 Å². The predicted molar refractivity (Wildman–Crippen MR) is 77.3 cm³/mol. The summed E-state index contributed by atoms with van der Waals surface area (Å²) in [5, 5.41) is 7.21. The number of hydrogen-bond acceptors (Lipinski definition) is 6. The Morgan fingerprint density at radius 2 is 2.05 bits per heavy atom. The normalized spacial score (nSPS) is 13.5. The van der Waals surface area contributed by atoms with Crippen LogP contribution in [0.25, 0.3) is 11.0 Å². The van der Waals surface area contributed by atoms with Crippen LogP contribution in [0.5, 0.6) is 11.5 Å². The smallest absolute Gasteiger partial charge is 0.263 e. The molecular weight excluding hydrogens is 308 g/mol. The summed E-state index contributed by atoms with van der Waals surface area (Å²) >= 11 is 0. The molecule has 0 saturated carbocycles. The van der Waals surface area contributed by atoms with Crippen LogP contribution in [-0.4, -0.2) is 30.4 Å². The van der Waals surface area contributed by atoms with Crippen molar-refractivity contribution in [2.75, 3.05) is 11.5 Å². The number of hydrogen-bond donors (Lipinski definition) is 2. The topological polar surface area (TPSA) is 106 Å². The van der Waals surface area contributed by atoms with Gasteiger partial charge in [-0.25, -0.2) is 13.4 Å². The van der Waals surface area contributed by atoms with Crippen molar-refractivity contribution in [2.24, 2.45) is 0 Å². The first kappa shape index (κ1) is 12.9. The van der Waals surface area contributed by atoms with Crippen molar-refractivity contribution in [3.63, 3.8) is 0 Å². The van der Waals surface area contributed by atoms with Crippen molar-refractivity contribution < 1.29 is 17.9 Å². The second kappa shape index (κ2) is 4.60. The van der Waals surface area contributed by atoms with Crippen LogP contribution in [0, 0.1) is 0 Å². The Balaban J connectivity index is 1.72. The third kappa shape index (κ3) is 2.02. The minimum Gasteiger partial charge on any atom is -0.454 e. The van der Waals surface area contributed by atoms with Gasteiger partial charge in [-0.3, -0.25) is 9.82 Å². The minimum absolute atomic E-state index is 0.0665. The number of benzene rings is 1. The van der Waals surface area contributed by atoms with Gasteiger partial charge < -0.3 is 9.47 Å². The maximum absolute atomic E-state index is 12.5. The zero-order chi connectivity index (χ0) is 15.2. The van der Waals surface area contributed by atoms with E-state index in [1.54, 1.807) is 24.4 Å². The number of nitrogens with one attached hydrogen (secondary N) is 2. The average Bonchev–Trinajstić information content (AvgIpc) is 3.13. The van der Waals surface area contributed by atoms with E-state index < -0.39 is 10.0 Å². The van der Waals surface area contributed by atoms with Crippen LogP contribution in [0.2, 0.25) is 0 Å². The summed E-state index contributed by atoms with van der Waals surface area (Å²) < 4.78 is 37.7. The molecule has 2 aromatic heterocycles. The summed E-state index contributed by atoms with van der Waals surface area (Å²) in [4.78, 5) is 4.13. The lowest BCUT2D eigenvalue weighted by Gasteiger charge is -2.06. The van der Waals surface area contributed by atoms with Crippen LogP contribution < -0.4 is 14.2 Å². The first-order valence-corrected chi connectivity index (χ1v) is 7.83. The van der Waals surface area contributed by atoms with Gasteiger partial charge in [0.1, 0.15) is 0 Å². The molecule has 8 nitrogen and oxygen atoms in total. The second-order valence-corrected chi connectivity index (χ2v) is 6.27. The lowest BCUT2D eigenvalue weighted by molar-refractivity contribution is 0.174. The number of anilines is 1. The fraction of sp³-hybridized carbons (Fsp3) is 0.0769. The zero-order valence-corrected chi connectivity index (χ0v) is 11.9. The van der Waals surface area contributed by atoms with Crippen LogP contribution in [0.4, 0.5) is 5.82 Å². The van der Waals surface area contributed by atoms with Crippen molar-refractivity contribution in [3.8, 4) is 11.5 Å². The third-order valence-electron chi connectivity index (χ3n) is 3.22. The quantitative estimate of drug-likeness (QED) is 0.758. The van der Waals surface area contributed by atoms with Crippen molar-refractivity contribution in [2.45, 2.75) is 4.90 Å². The molecular formula is C13H10N4O4S. The first-order valence-electron chi connectivity index (χ1n) is 6.35. The van der Waals surface area contributed by atoms with Crippen LogP contribution in [0.3, 0.4) is 0 Å². The highest BCUT2D eigenvalue weighted by atomic mass is 32.2. The number of rotatable bonds is 3. The van der Waals surface area contributed by atoms with Crippen molar-refractivity contribution in [1.82, 2.24) is 15.2 Å². The van der Waals surface area contributed by atoms with Crippen molar-refractivity contribution >= 4 is 26.9 Å². The van der Waals surface area contributed by atoms with Gasteiger partial charge in [-0.15, -0.1) is 0 Å². The summed E-state index contributed by atoms with van der Waals surface area (Å²) in [7, 11) is -3.79. The predicted octanol–water partition coefficient (Wildman–Crippen LogP) is 1.49. The summed E-state index contributed by atoms with van der Waals surface area (Å²) in [6.45, 7) is 0.0853. The number of aromatic amines is 1. The Hall–Kier alpha value is -2.81. The standard InChI is InChI=1S/C13H10N4O4S/c18-22(19,8-3-4-10-11(6-8)21-7-20-10)17-13-9-2-1-5-14-12(9)15-16-13/h1-6H,7H2,(H2,14,15,16,17). The summed E-state index contributed by atoms with van der Waals surface area (Å²) in [6.07, 6.45) is 1.59. The van der Waals surface area contributed by atoms with Gasteiger partial charge in [0.2, 0.25) is 6.79 Å². The lowest BCUT2D eigenvalue weighted by atomic mass is 10.3. The third-order valence-corrected chi connectivity index (χ3v) is 4.56. The fourth-order valence-electron chi connectivity index (χ4n) is 2.16. The number of pyridine rings is 1. The van der Waals surface area contributed by atoms with E-state index in [4.69, 9.17) is 9.47 Å². The highest BCUT2D eigenvalue weighted by Gasteiger charge is 2.22. The fourth-order valence-corrected chi connectivity index (χ4v) is 3.20. The number of H-pyrrole nitrogens is 1. The summed E-state index contributed by atoms with van der Waals surface area (Å²) in [6, 6.07) is 7.85. The average molecular weight is 318 g/mol. The van der Waals surface area contributed by atoms with E-state index in [1.165, 1.54) is 12.1 Å². The van der Waals surface area contributed by atoms with E-state index in [9.17, 15) is 8.42 Å². The molecule has 9 heteroatoms. The molecule has 1 aliphatic heterocycles. The maximum Gasteiger partial charge on any atom is 0.263 e. The number of aromatic nitrogens is 3. The zero-order valence-electron chi connectivity index (χ0n) is 11.1. The van der Waals surface area contributed by atoms with Gasteiger partial charge in [0.15, 0.2) is 23.0 Å². The van der Waals surface area contributed by atoms with E-state index in [0.717, 1.165) is 0 Å². The lowest BCUT2D eigenvalue weighted by Crippen LogP contribution is -2.13. The SMILES string of the molecule is O=S(=O)(Nc1n[nH]c2ncccc12)c1ccc2c(c1)OCO2. The molecule has 0 radical (unpaired) electrons. The van der Waals surface area contributed by atoms with Gasteiger partial charge in [0.05, 0.1) is 10.3 Å². The Labute approximate surface area is 125 Å². The molecule has 0 spiro atoms. The Kier molecular flexibility index (Phi) is 2.70. The second-order valence-electron chi connectivity index (χ2n) is 4.59. The minimum atomic E-state index is -3.79. The molecule has 2 N–H and O–H groups in total. The summed E-state index contributed by atoms with van der Waals surface area (Å²) in [5.41, 5.74) is 0.505.